The van der Waals surface area contributed by atoms with Crippen molar-refractivity contribution in [2.24, 2.45) is 5.41 Å². The minimum atomic E-state index is 0.283. The van der Waals surface area contributed by atoms with Crippen LogP contribution in [0.3, 0.4) is 0 Å². The first-order valence-electron chi connectivity index (χ1n) is 5.41. The Morgan fingerprint density at radius 2 is 2.20 bits per heavy atom. The van der Waals surface area contributed by atoms with Crippen LogP contribution in [-0.2, 0) is 0 Å². The SMILES string of the molecule is ClCC1(CNc2ncns2)CCCCC1. The molecule has 0 saturated heterocycles. The highest BCUT2D eigenvalue weighted by Crippen LogP contribution is 2.37. The molecule has 0 aromatic carbocycles. The normalized spacial score (nSPS) is 20.1. The minimum Gasteiger partial charge on any atom is -0.360 e. The van der Waals surface area contributed by atoms with Gasteiger partial charge in [-0.3, -0.25) is 0 Å². The Bertz CT molecular complexity index is 283. The van der Waals surface area contributed by atoms with Gasteiger partial charge in [-0.15, -0.1) is 11.6 Å². The zero-order chi connectivity index (χ0) is 10.6. The van der Waals surface area contributed by atoms with Crippen molar-refractivity contribution < 1.29 is 0 Å². The van der Waals surface area contributed by atoms with Gasteiger partial charge in [0.05, 0.1) is 0 Å². The quantitative estimate of drug-likeness (QED) is 0.829. The van der Waals surface area contributed by atoms with Crippen molar-refractivity contribution in [2.75, 3.05) is 17.7 Å². The Kier molecular flexibility index (Phi) is 3.81. The fourth-order valence-electron chi connectivity index (χ4n) is 2.17. The highest BCUT2D eigenvalue weighted by molar-refractivity contribution is 7.09. The zero-order valence-corrected chi connectivity index (χ0v) is 10.3. The number of anilines is 1. The van der Waals surface area contributed by atoms with Crippen molar-refractivity contribution in [1.29, 1.82) is 0 Å². The third kappa shape index (κ3) is 2.82. The highest BCUT2D eigenvalue weighted by Gasteiger charge is 2.31. The molecule has 0 atom stereocenters. The van der Waals surface area contributed by atoms with Gasteiger partial charge in [-0.25, -0.2) is 4.98 Å². The number of halogens is 1. The van der Waals surface area contributed by atoms with Gasteiger partial charge in [0.1, 0.15) is 6.33 Å². The number of nitrogens with zero attached hydrogens (tertiary/aromatic N) is 2. The van der Waals surface area contributed by atoms with Gasteiger partial charge in [-0.2, -0.15) is 4.37 Å². The van der Waals surface area contributed by atoms with Gasteiger partial charge >= 0.3 is 0 Å². The van der Waals surface area contributed by atoms with Crippen LogP contribution in [0.5, 0.6) is 0 Å². The second kappa shape index (κ2) is 5.12. The van der Waals surface area contributed by atoms with Crippen LogP contribution in [0.4, 0.5) is 5.13 Å². The van der Waals surface area contributed by atoms with Gasteiger partial charge in [-0.05, 0) is 12.8 Å². The molecule has 0 radical (unpaired) electrons. The van der Waals surface area contributed by atoms with Crippen LogP contribution in [0.1, 0.15) is 32.1 Å². The third-order valence-electron chi connectivity index (χ3n) is 3.17. The molecule has 15 heavy (non-hydrogen) atoms. The lowest BCUT2D eigenvalue weighted by Crippen LogP contribution is -2.33. The lowest BCUT2D eigenvalue weighted by molar-refractivity contribution is 0.238. The number of hydrogen-bond donors (Lipinski definition) is 1. The first kappa shape index (κ1) is 11.1. The molecule has 0 bridgehead atoms. The molecule has 0 aliphatic heterocycles. The Hall–Kier alpha value is -0.350. The van der Waals surface area contributed by atoms with E-state index in [0.717, 1.165) is 17.6 Å². The molecule has 1 N–H and O–H groups in total. The van der Waals surface area contributed by atoms with E-state index in [2.05, 4.69) is 14.7 Å². The molecule has 3 nitrogen and oxygen atoms in total. The number of hydrogen-bond acceptors (Lipinski definition) is 4. The molecule has 1 saturated carbocycles. The number of rotatable bonds is 4. The predicted octanol–water partition coefficient (Wildman–Crippen LogP) is 3.14. The van der Waals surface area contributed by atoms with Crippen LogP contribution in [0.15, 0.2) is 6.33 Å². The summed E-state index contributed by atoms with van der Waals surface area (Å²) in [5, 5.41) is 4.25. The monoisotopic (exact) mass is 245 g/mol. The van der Waals surface area contributed by atoms with Gasteiger partial charge in [0.15, 0.2) is 0 Å². The molecule has 0 unspecified atom stereocenters. The molecule has 1 aromatic rings. The number of aromatic nitrogens is 2. The molecule has 2 rings (SSSR count). The van der Waals surface area contributed by atoms with Gasteiger partial charge in [0.2, 0.25) is 5.13 Å². The Labute approximate surface area is 99.4 Å². The second-order valence-corrected chi connectivity index (χ2v) is 5.34. The smallest absolute Gasteiger partial charge is 0.202 e. The Balaban J connectivity index is 1.89. The van der Waals surface area contributed by atoms with E-state index in [1.807, 2.05) is 0 Å². The molecular formula is C10H16ClN3S. The van der Waals surface area contributed by atoms with Gasteiger partial charge in [-0.1, -0.05) is 19.3 Å². The van der Waals surface area contributed by atoms with E-state index in [4.69, 9.17) is 11.6 Å². The van der Waals surface area contributed by atoms with E-state index in [0.29, 0.717) is 0 Å². The van der Waals surface area contributed by atoms with Crippen molar-refractivity contribution >= 4 is 28.3 Å². The summed E-state index contributed by atoms with van der Waals surface area (Å²) in [7, 11) is 0. The van der Waals surface area contributed by atoms with E-state index in [1.54, 1.807) is 6.33 Å². The molecule has 1 heterocycles. The van der Waals surface area contributed by atoms with Gasteiger partial charge in [0.25, 0.3) is 0 Å². The average molecular weight is 246 g/mol. The maximum Gasteiger partial charge on any atom is 0.202 e. The second-order valence-electron chi connectivity index (χ2n) is 4.29. The topological polar surface area (TPSA) is 37.8 Å². The maximum atomic E-state index is 6.10. The molecule has 5 heteroatoms. The van der Waals surface area contributed by atoms with Crippen LogP contribution >= 0.6 is 23.1 Å². The Morgan fingerprint density at radius 1 is 1.40 bits per heavy atom. The zero-order valence-electron chi connectivity index (χ0n) is 8.71. The summed E-state index contributed by atoms with van der Waals surface area (Å²) in [5.41, 5.74) is 0.283. The largest absolute Gasteiger partial charge is 0.360 e. The van der Waals surface area contributed by atoms with E-state index in [1.165, 1.54) is 43.6 Å². The van der Waals surface area contributed by atoms with E-state index < -0.39 is 0 Å². The summed E-state index contributed by atoms with van der Waals surface area (Å²) in [4.78, 5) is 4.12. The van der Waals surface area contributed by atoms with Crippen LogP contribution in [0, 0.1) is 5.41 Å². The van der Waals surface area contributed by atoms with Crippen molar-refractivity contribution in [3.8, 4) is 0 Å². The summed E-state index contributed by atoms with van der Waals surface area (Å²) in [6.45, 7) is 0.936. The molecule has 84 valence electrons. The van der Waals surface area contributed by atoms with Crippen LogP contribution in [-0.4, -0.2) is 21.8 Å². The van der Waals surface area contributed by atoms with Crippen LogP contribution in [0.25, 0.3) is 0 Å². The van der Waals surface area contributed by atoms with Crippen LogP contribution < -0.4 is 5.32 Å². The highest BCUT2D eigenvalue weighted by atomic mass is 35.5. The van der Waals surface area contributed by atoms with Crippen molar-refractivity contribution in [1.82, 2.24) is 9.36 Å². The fourth-order valence-corrected chi connectivity index (χ4v) is 2.96. The molecule has 1 aliphatic rings. The lowest BCUT2D eigenvalue weighted by Gasteiger charge is -2.35. The number of nitrogens with one attached hydrogen (secondary N) is 1. The summed E-state index contributed by atoms with van der Waals surface area (Å²) in [5.74, 6) is 0.749. The lowest BCUT2D eigenvalue weighted by atomic mass is 9.75. The van der Waals surface area contributed by atoms with Gasteiger partial charge in [0, 0.05) is 29.4 Å². The predicted molar refractivity (Wildman–Crippen MR) is 64.6 cm³/mol. The summed E-state index contributed by atoms with van der Waals surface area (Å²) in [6.07, 6.45) is 8.04. The van der Waals surface area contributed by atoms with Crippen molar-refractivity contribution in [3.63, 3.8) is 0 Å². The van der Waals surface area contributed by atoms with Crippen LogP contribution in [0.2, 0.25) is 0 Å². The van der Waals surface area contributed by atoms with Crippen molar-refractivity contribution in [3.05, 3.63) is 6.33 Å². The maximum absolute atomic E-state index is 6.10. The first-order valence-corrected chi connectivity index (χ1v) is 6.72. The third-order valence-corrected chi connectivity index (χ3v) is 4.36. The molecular weight excluding hydrogens is 230 g/mol. The van der Waals surface area contributed by atoms with E-state index >= 15 is 0 Å². The van der Waals surface area contributed by atoms with E-state index in [-0.39, 0.29) is 5.41 Å². The van der Waals surface area contributed by atoms with E-state index in [9.17, 15) is 0 Å². The molecule has 1 fully saturated rings. The van der Waals surface area contributed by atoms with Gasteiger partial charge < -0.3 is 5.32 Å². The number of alkyl halides is 1. The molecule has 1 aliphatic carbocycles. The standard InChI is InChI=1S/C10H16ClN3S/c11-6-10(4-2-1-3-5-10)7-12-9-13-8-14-15-9/h8H,1-7H2,(H,12,13,14). The molecule has 0 amide bonds. The molecule has 0 spiro atoms. The Morgan fingerprint density at radius 3 is 2.80 bits per heavy atom. The minimum absolute atomic E-state index is 0.283. The fraction of sp³-hybridized carbons (Fsp3) is 0.800. The summed E-state index contributed by atoms with van der Waals surface area (Å²) in [6, 6.07) is 0. The molecule has 1 aromatic heterocycles. The summed E-state index contributed by atoms with van der Waals surface area (Å²) < 4.78 is 3.97. The summed E-state index contributed by atoms with van der Waals surface area (Å²) >= 11 is 7.51. The van der Waals surface area contributed by atoms with Crippen molar-refractivity contribution in [2.45, 2.75) is 32.1 Å². The average Bonchev–Trinajstić information content (AvgIpc) is 2.81. The first-order chi connectivity index (χ1) is 7.35.